The van der Waals surface area contributed by atoms with Gasteiger partial charge in [0.1, 0.15) is 6.04 Å². The van der Waals surface area contributed by atoms with Crippen LogP contribution < -0.4 is 0 Å². The molecule has 1 atom stereocenters. The van der Waals surface area contributed by atoms with Gasteiger partial charge in [0.15, 0.2) is 0 Å². The second-order valence-corrected chi connectivity index (χ2v) is 7.23. The van der Waals surface area contributed by atoms with Crippen molar-refractivity contribution in [3.05, 3.63) is 35.4 Å². The minimum Gasteiger partial charge on any atom is -0.480 e. The summed E-state index contributed by atoms with van der Waals surface area (Å²) in [4.78, 5) is 41.6. The first-order valence-corrected chi connectivity index (χ1v) is 8.94. The Morgan fingerprint density at radius 1 is 1.08 bits per heavy atom. The highest BCUT2D eigenvalue weighted by molar-refractivity contribution is 5.86. The molecule has 2 aliphatic rings. The monoisotopic (exact) mass is 359 g/mol. The molecule has 1 fully saturated rings. The zero-order valence-corrected chi connectivity index (χ0v) is 15.2. The number of carboxylic acid groups (broad SMARTS) is 1. The molecular formula is C19H25N3O4. The summed E-state index contributed by atoms with van der Waals surface area (Å²) in [5, 5.41) is 9.61. The lowest BCUT2D eigenvalue weighted by molar-refractivity contribution is -0.154. The maximum absolute atomic E-state index is 13.0. The van der Waals surface area contributed by atoms with Gasteiger partial charge in [0.2, 0.25) is 5.91 Å². The normalized spacial score (nSPS) is 20.5. The molecule has 0 radical (unpaired) electrons. The molecular weight excluding hydrogens is 334 g/mol. The van der Waals surface area contributed by atoms with E-state index in [1.807, 2.05) is 24.3 Å². The third kappa shape index (κ3) is 3.52. The smallest absolute Gasteiger partial charge is 0.326 e. The third-order valence-electron chi connectivity index (χ3n) is 5.31. The first-order valence-electron chi connectivity index (χ1n) is 8.94. The number of hydrogen-bond donors (Lipinski definition) is 1. The van der Waals surface area contributed by atoms with Crippen molar-refractivity contribution in [1.29, 1.82) is 0 Å². The minimum atomic E-state index is -0.965. The molecule has 0 bridgehead atoms. The Labute approximate surface area is 153 Å². The molecule has 1 aromatic rings. The van der Waals surface area contributed by atoms with Crippen molar-refractivity contribution in [1.82, 2.24) is 14.7 Å². The van der Waals surface area contributed by atoms with Gasteiger partial charge in [-0.2, -0.15) is 0 Å². The van der Waals surface area contributed by atoms with Gasteiger partial charge in [0, 0.05) is 46.1 Å². The van der Waals surface area contributed by atoms with Gasteiger partial charge in [-0.15, -0.1) is 0 Å². The number of carboxylic acids is 1. The summed E-state index contributed by atoms with van der Waals surface area (Å²) in [5.41, 5.74) is 2.01. The maximum atomic E-state index is 13.0. The predicted molar refractivity (Wildman–Crippen MR) is 95.5 cm³/mol. The number of nitrogens with zero attached hydrogens (tertiary/aromatic N) is 3. The Hall–Kier alpha value is -2.57. The van der Waals surface area contributed by atoms with E-state index in [0.717, 1.165) is 11.1 Å². The largest absolute Gasteiger partial charge is 0.480 e. The Balaban J connectivity index is 1.71. The summed E-state index contributed by atoms with van der Waals surface area (Å²) in [5.74, 6) is -1.30. The lowest BCUT2D eigenvalue weighted by atomic mass is 9.90. The van der Waals surface area contributed by atoms with E-state index in [9.17, 15) is 19.5 Å². The van der Waals surface area contributed by atoms with Crippen LogP contribution in [0.3, 0.4) is 0 Å². The van der Waals surface area contributed by atoms with Gasteiger partial charge < -0.3 is 19.8 Å². The molecule has 2 aliphatic heterocycles. The summed E-state index contributed by atoms with van der Waals surface area (Å²) >= 11 is 0. The van der Waals surface area contributed by atoms with E-state index in [0.29, 0.717) is 38.9 Å². The summed E-state index contributed by atoms with van der Waals surface area (Å²) in [6.45, 7) is 1.38. The van der Waals surface area contributed by atoms with E-state index >= 15 is 0 Å². The quantitative estimate of drug-likeness (QED) is 0.866. The van der Waals surface area contributed by atoms with E-state index in [-0.39, 0.29) is 17.9 Å². The molecule has 1 N–H and O–H groups in total. The molecule has 0 aliphatic carbocycles. The first kappa shape index (κ1) is 18.2. The van der Waals surface area contributed by atoms with Crippen molar-refractivity contribution >= 4 is 17.9 Å². The number of amides is 3. The second-order valence-electron chi connectivity index (χ2n) is 7.23. The van der Waals surface area contributed by atoms with E-state index in [2.05, 4.69) is 0 Å². The van der Waals surface area contributed by atoms with Gasteiger partial charge >= 0.3 is 12.0 Å². The average molecular weight is 359 g/mol. The molecule has 0 saturated carbocycles. The van der Waals surface area contributed by atoms with Gasteiger partial charge in [0.25, 0.3) is 0 Å². The van der Waals surface area contributed by atoms with Gasteiger partial charge in [0.05, 0.1) is 0 Å². The molecule has 0 aromatic heterocycles. The minimum absolute atomic E-state index is 0.0498. The molecule has 26 heavy (non-hydrogen) atoms. The topological polar surface area (TPSA) is 81.2 Å². The first-order chi connectivity index (χ1) is 12.4. The number of piperidine rings is 1. The van der Waals surface area contributed by atoms with E-state index in [4.69, 9.17) is 0 Å². The molecule has 1 saturated heterocycles. The summed E-state index contributed by atoms with van der Waals surface area (Å²) in [6.07, 6.45) is 1.49. The summed E-state index contributed by atoms with van der Waals surface area (Å²) < 4.78 is 0. The van der Waals surface area contributed by atoms with Crippen LogP contribution in [0.5, 0.6) is 0 Å². The SMILES string of the molecule is CN(C)C(=O)N1CCC(C(=O)N2Cc3ccccc3CC2C(=O)O)CC1. The zero-order valence-electron chi connectivity index (χ0n) is 15.2. The summed E-state index contributed by atoms with van der Waals surface area (Å²) in [7, 11) is 3.42. The number of likely N-dealkylation sites (tertiary alicyclic amines) is 1. The van der Waals surface area contributed by atoms with Crippen molar-refractivity contribution < 1.29 is 19.5 Å². The van der Waals surface area contributed by atoms with Gasteiger partial charge in [-0.1, -0.05) is 24.3 Å². The molecule has 2 heterocycles. The fraction of sp³-hybridized carbons (Fsp3) is 0.526. The highest BCUT2D eigenvalue weighted by atomic mass is 16.4. The Morgan fingerprint density at radius 2 is 1.69 bits per heavy atom. The highest BCUT2D eigenvalue weighted by Gasteiger charge is 2.38. The molecule has 0 spiro atoms. The summed E-state index contributed by atoms with van der Waals surface area (Å²) in [6, 6.07) is 6.82. The number of urea groups is 1. The Morgan fingerprint density at radius 3 is 2.27 bits per heavy atom. The van der Waals surface area contributed by atoms with Crippen LogP contribution in [0.25, 0.3) is 0 Å². The van der Waals surface area contributed by atoms with Crippen molar-refractivity contribution in [2.24, 2.45) is 5.92 Å². The van der Waals surface area contributed by atoms with Crippen molar-refractivity contribution in [2.45, 2.75) is 31.8 Å². The maximum Gasteiger partial charge on any atom is 0.326 e. The average Bonchev–Trinajstić information content (AvgIpc) is 2.65. The van der Waals surface area contributed by atoms with Gasteiger partial charge in [-0.3, -0.25) is 4.79 Å². The van der Waals surface area contributed by atoms with Crippen molar-refractivity contribution in [3.8, 4) is 0 Å². The number of fused-ring (bicyclic) bond motifs is 1. The molecule has 3 rings (SSSR count). The molecule has 1 aromatic carbocycles. The van der Waals surface area contributed by atoms with Crippen LogP contribution in [0.15, 0.2) is 24.3 Å². The van der Waals surface area contributed by atoms with E-state index in [1.165, 1.54) is 9.80 Å². The van der Waals surface area contributed by atoms with Crippen LogP contribution in [-0.4, -0.2) is 70.9 Å². The third-order valence-corrected chi connectivity index (χ3v) is 5.31. The van der Waals surface area contributed by atoms with E-state index in [1.54, 1.807) is 19.0 Å². The second kappa shape index (κ2) is 7.35. The standard InChI is InChI=1S/C19H25N3O4/c1-20(2)19(26)21-9-7-13(8-10-21)17(23)22-12-15-6-4-3-5-14(15)11-16(22)18(24)25/h3-6,13,16H,7-12H2,1-2H3,(H,24,25). The molecule has 3 amide bonds. The van der Waals surface area contributed by atoms with Crippen LogP contribution in [0.2, 0.25) is 0 Å². The Kier molecular flexibility index (Phi) is 5.15. The Bertz CT molecular complexity index is 710. The zero-order chi connectivity index (χ0) is 18.8. The predicted octanol–water partition coefficient (Wildman–Crippen LogP) is 1.42. The van der Waals surface area contributed by atoms with Crippen molar-refractivity contribution in [3.63, 3.8) is 0 Å². The fourth-order valence-corrected chi connectivity index (χ4v) is 3.81. The van der Waals surface area contributed by atoms with Crippen molar-refractivity contribution in [2.75, 3.05) is 27.2 Å². The van der Waals surface area contributed by atoms with Gasteiger partial charge in [-0.25, -0.2) is 9.59 Å². The number of hydrogen-bond acceptors (Lipinski definition) is 3. The molecule has 1 unspecified atom stereocenters. The van der Waals surface area contributed by atoms with E-state index < -0.39 is 12.0 Å². The van der Waals surface area contributed by atoms with Crippen LogP contribution in [0.1, 0.15) is 24.0 Å². The van der Waals surface area contributed by atoms with Crippen LogP contribution >= 0.6 is 0 Å². The number of aliphatic carboxylic acids is 1. The van der Waals surface area contributed by atoms with Gasteiger partial charge in [-0.05, 0) is 24.0 Å². The number of carbonyl (C=O) groups is 3. The number of carbonyl (C=O) groups excluding carboxylic acids is 2. The van der Waals surface area contributed by atoms with Crippen LogP contribution in [0, 0.1) is 5.92 Å². The number of benzene rings is 1. The number of rotatable bonds is 2. The lowest BCUT2D eigenvalue weighted by Crippen LogP contribution is -2.52. The molecule has 7 nitrogen and oxygen atoms in total. The fourth-order valence-electron chi connectivity index (χ4n) is 3.81. The molecule has 7 heteroatoms. The lowest BCUT2D eigenvalue weighted by Gasteiger charge is -2.39. The molecule has 140 valence electrons. The highest BCUT2D eigenvalue weighted by Crippen LogP contribution is 2.28. The van der Waals surface area contributed by atoms with Crippen LogP contribution in [0.4, 0.5) is 4.79 Å². The van der Waals surface area contributed by atoms with Crippen LogP contribution in [-0.2, 0) is 22.6 Å².